The number of rotatable bonds is 3. The molecule has 1 aromatic rings. The van der Waals surface area contributed by atoms with Crippen molar-refractivity contribution in [1.29, 1.82) is 0 Å². The van der Waals surface area contributed by atoms with Crippen LogP contribution < -0.4 is 0 Å². The highest BCUT2D eigenvalue weighted by molar-refractivity contribution is 7.98. The van der Waals surface area contributed by atoms with Crippen molar-refractivity contribution in [2.75, 3.05) is 12.1 Å². The van der Waals surface area contributed by atoms with E-state index in [1.165, 1.54) is 11.8 Å². The van der Waals surface area contributed by atoms with Gasteiger partial charge in [0.15, 0.2) is 5.78 Å². The summed E-state index contributed by atoms with van der Waals surface area (Å²) in [6.07, 6.45) is 1.90. The summed E-state index contributed by atoms with van der Waals surface area (Å²) in [6, 6.07) is 4.93. The molecule has 1 rings (SSSR count). The van der Waals surface area contributed by atoms with Gasteiger partial charge in [0.2, 0.25) is 0 Å². The summed E-state index contributed by atoms with van der Waals surface area (Å²) in [4.78, 5) is 12.1. The van der Waals surface area contributed by atoms with Crippen molar-refractivity contribution >= 4 is 29.1 Å². The Labute approximate surface area is 85.9 Å². The predicted octanol–water partition coefficient (Wildman–Crippen LogP) is 2.54. The Morgan fingerprint density at radius 1 is 1.62 bits per heavy atom. The highest BCUT2D eigenvalue weighted by Crippen LogP contribution is 2.24. The highest BCUT2D eigenvalue weighted by Gasteiger charge is 2.09. The molecule has 0 bridgehead atoms. The maximum atomic E-state index is 11.1. The zero-order chi connectivity index (χ0) is 9.84. The molecule has 1 aromatic carbocycles. The number of phenolic OH excluding ortho intramolecular Hbond substituents is 1. The fourth-order valence-electron chi connectivity index (χ4n) is 0.946. The van der Waals surface area contributed by atoms with Gasteiger partial charge in [-0.2, -0.15) is 0 Å². The SMILES string of the molecule is CSc1ccc(C(=O)CCl)c(O)c1. The maximum Gasteiger partial charge on any atom is 0.181 e. The van der Waals surface area contributed by atoms with Crippen LogP contribution in [0.5, 0.6) is 5.75 Å². The second-order valence-electron chi connectivity index (χ2n) is 2.44. The van der Waals surface area contributed by atoms with Gasteiger partial charge < -0.3 is 5.11 Å². The second-order valence-corrected chi connectivity index (χ2v) is 3.59. The second kappa shape index (κ2) is 4.53. The van der Waals surface area contributed by atoms with Gasteiger partial charge in [0.25, 0.3) is 0 Å². The molecule has 0 aliphatic carbocycles. The van der Waals surface area contributed by atoms with Crippen LogP contribution in [0, 0.1) is 0 Å². The molecule has 0 atom stereocenters. The summed E-state index contributed by atoms with van der Waals surface area (Å²) in [7, 11) is 0. The van der Waals surface area contributed by atoms with E-state index in [0.29, 0.717) is 0 Å². The smallest absolute Gasteiger partial charge is 0.181 e. The van der Waals surface area contributed by atoms with Crippen LogP contribution in [0.2, 0.25) is 0 Å². The Morgan fingerprint density at radius 2 is 2.31 bits per heavy atom. The largest absolute Gasteiger partial charge is 0.507 e. The Balaban J connectivity index is 3.05. The monoisotopic (exact) mass is 216 g/mol. The molecule has 0 amide bonds. The number of ketones is 1. The van der Waals surface area contributed by atoms with Crippen molar-refractivity contribution in [1.82, 2.24) is 0 Å². The van der Waals surface area contributed by atoms with Crippen LogP contribution in [-0.2, 0) is 0 Å². The van der Waals surface area contributed by atoms with Crippen molar-refractivity contribution in [2.24, 2.45) is 0 Å². The van der Waals surface area contributed by atoms with Crippen molar-refractivity contribution in [3.05, 3.63) is 23.8 Å². The Hall–Kier alpha value is -0.670. The van der Waals surface area contributed by atoms with Crippen LogP contribution in [-0.4, -0.2) is 23.0 Å². The zero-order valence-corrected chi connectivity index (χ0v) is 8.65. The third-order valence-corrected chi connectivity index (χ3v) is 2.59. The lowest BCUT2D eigenvalue weighted by Gasteiger charge is -2.02. The molecular weight excluding hydrogens is 208 g/mol. The van der Waals surface area contributed by atoms with Gasteiger partial charge in [0.05, 0.1) is 11.4 Å². The molecule has 0 fully saturated rings. The summed E-state index contributed by atoms with van der Waals surface area (Å²) in [5.41, 5.74) is 0.285. The molecule has 0 unspecified atom stereocenters. The van der Waals surface area contributed by atoms with Crippen LogP contribution in [0.1, 0.15) is 10.4 Å². The lowest BCUT2D eigenvalue weighted by molar-refractivity contribution is 0.101. The Kier molecular flexibility index (Phi) is 3.63. The average Bonchev–Trinajstić information content (AvgIpc) is 2.16. The first-order valence-corrected chi connectivity index (χ1v) is 5.41. The quantitative estimate of drug-likeness (QED) is 0.479. The van der Waals surface area contributed by atoms with Gasteiger partial charge in [0, 0.05) is 4.90 Å². The number of hydrogen-bond donors (Lipinski definition) is 1. The van der Waals surface area contributed by atoms with E-state index in [0.717, 1.165) is 4.90 Å². The first-order chi connectivity index (χ1) is 6.19. The topological polar surface area (TPSA) is 37.3 Å². The maximum absolute atomic E-state index is 11.1. The lowest BCUT2D eigenvalue weighted by Crippen LogP contribution is -2.00. The molecule has 0 aliphatic rings. The number of carbonyl (C=O) groups is 1. The summed E-state index contributed by atoms with van der Waals surface area (Å²) < 4.78 is 0. The number of carbonyl (C=O) groups excluding carboxylic acids is 1. The van der Waals surface area contributed by atoms with E-state index in [1.807, 2.05) is 6.26 Å². The normalized spacial score (nSPS) is 10.0. The van der Waals surface area contributed by atoms with E-state index < -0.39 is 0 Å². The number of halogens is 1. The number of aromatic hydroxyl groups is 1. The third-order valence-electron chi connectivity index (χ3n) is 1.63. The van der Waals surface area contributed by atoms with Gasteiger partial charge in [-0.15, -0.1) is 23.4 Å². The zero-order valence-electron chi connectivity index (χ0n) is 7.08. The van der Waals surface area contributed by atoms with E-state index in [2.05, 4.69) is 0 Å². The van der Waals surface area contributed by atoms with Gasteiger partial charge >= 0.3 is 0 Å². The van der Waals surface area contributed by atoms with Crippen LogP contribution in [0.25, 0.3) is 0 Å². The van der Waals surface area contributed by atoms with Crippen molar-refractivity contribution in [2.45, 2.75) is 4.90 Å². The number of thioether (sulfide) groups is 1. The molecule has 0 radical (unpaired) electrons. The molecule has 0 aromatic heterocycles. The highest BCUT2D eigenvalue weighted by atomic mass is 35.5. The number of Topliss-reactive ketones (excluding diaryl/α,β-unsaturated/α-hetero) is 1. The van der Waals surface area contributed by atoms with Gasteiger partial charge in [0.1, 0.15) is 5.75 Å². The van der Waals surface area contributed by atoms with E-state index in [4.69, 9.17) is 11.6 Å². The molecule has 70 valence electrons. The van der Waals surface area contributed by atoms with Gasteiger partial charge in [-0.25, -0.2) is 0 Å². The van der Waals surface area contributed by atoms with Crippen molar-refractivity contribution in [3.8, 4) is 5.75 Å². The summed E-state index contributed by atoms with van der Waals surface area (Å²) in [5, 5.41) is 9.43. The van der Waals surface area contributed by atoms with E-state index in [1.54, 1.807) is 18.2 Å². The summed E-state index contributed by atoms with van der Waals surface area (Å²) in [6.45, 7) is 0. The standard InChI is InChI=1S/C9H9ClO2S/c1-13-6-2-3-7(8(11)4-6)9(12)5-10/h2-4,11H,5H2,1H3. The molecule has 0 saturated heterocycles. The van der Waals surface area contributed by atoms with Crippen LogP contribution in [0.4, 0.5) is 0 Å². The fourth-order valence-corrected chi connectivity index (χ4v) is 1.52. The molecule has 2 nitrogen and oxygen atoms in total. The number of benzene rings is 1. The molecule has 4 heteroatoms. The first kappa shape index (κ1) is 10.4. The fraction of sp³-hybridized carbons (Fsp3) is 0.222. The number of phenols is 1. The molecule has 0 saturated carbocycles. The minimum atomic E-state index is -0.258. The number of hydrogen-bond acceptors (Lipinski definition) is 3. The molecule has 1 N–H and O–H groups in total. The van der Waals surface area contributed by atoms with E-state index in [-0.39, 0.29) is 23.0 Å². The van der Waals surface area contributed by atoms with Crippen molar-refractivity contribution < 1.29 is 9.90 Å². The predicted molar refractivity (Wildman–Crippen MR) is 54.9 cm³/mol. The number of alkyl halides is 1. The molecule has 0 aliphatic heterocycles. The van der Waals surface area contributed by atoms with Crippen LogP contribution in [0.15, 0.2) is 23.1 Å². The molecule has 13 heavy (non-hydrogen) atoms. The summed E-state index contributed by atoms with van der Waals surface area (Å²) in [5.74, 6) is -0.365. The lowest BCUT2D eigenvalue weighted by atomic mass is 10.1. The molecular formula is C9H9ClO2S. The van der Waals surface area contributed by atoms with Crippen molar-refractivity contribution in [3.63, 3.8) is 0 Å². The minimum absolute atomic E-state index is 0.00231. The van der Waals surface area contributed by atoms with E-state index in [9.17, 15) is 9.90 Å². The van der Waals surface area contributed by atoms with Gasteiger partial charge in [-0.05, 0) is 24.5 Å². The third kappa shape index (κ3) is 2.39. The Morgan fingerprint density at radius 3 is 2.77 bits per heavy atom. The van der Waals surface area contributed by atoms with Crippen LogP contribution >= 0.6 is 23.4 Å². The molecule has 0 spiro atoms. The van der Waals surface area contributed by atoms with E-state index >= 15 is 0 Å². The van der Waals surface area contributed by atoms with Gasteiger partial charge in [-0.3, -0.25) is 4.79 Å². The first-order valence-electron chi connectivity index (χ1n) is 3.65. The Bertz CT molecular complexity index is 325. The average molecular weight is 217 g/mol. The van der Waals surface area contributed by atoms with Crippen LogP contribution in [0.3, 0.4) is 0 Å². The molecule has 0 heterocycles. The summed E-state index contributed by atoms with van der Waals surface area (Å²) >= 11 is 6.87. The van der Waals surface area contributed by atoms with Gasteiger partial charge in [-0.1, -0.05) is 0 Å². The minimum Gasteiger partial charge on any atom is -0.507 e.